The van der Waals surface area contributed by atoms with E-state index < -0.39 is 0 Å². The lowest BCUT2D eigenvalue weighted by atomic mass is 10.0. The van der Waals surface area contributed by atoms with Crippen molar-refractivity contribution in [1.82, 2.24) is 14.7 Å². The number of amides is 1. The van der Waals surface area contributed by atoms with E-state index in [1.807, 2.05) is 16.9 Å². The lowest BCUT2D eigenvalue weighted by molar-refractivity contribution is -0.135. The maximum atomic E-state index is 12.5. The molecule has 21 heavy (non-hydrogen) atoms. The van der Waals surface area contributed by atoms with Crippen LogP contribution in [0.2, 0.25) is 0 Å². The average molecular weight is 291 g/mol. The Balaban J connectivity index is 1.53. The summed E-state index contributed by atoms with van der Waals surface area (Å²) in [5, 5.41) is 4.27. The quantitative estimate of drug-likeness (QED) is 0.836. The number of aromatic nitrogens is 2. The van der Waals surface area contributed by atoms with E-state index in [1.165, 1.54) is 6.42 Å². The summed E-state index contributed by atoms with van der Waals surface area (Å²) < 4.78 is 7.56. The van der Waals surface area contributed by atoms with E-state index in [1.54, 1.807) is 6.20 Å². The molecule has 0 spiro atoms. The first-order valence-corrected chi connectivity index (χ1v) is 8.21. The van der Waals surface area contributed by atoms with E-state index in [9.17, 15) is 4.79 Å². The van der Waals surface area contributed by atoms with E-state index in [4.69, 9.17) is 4.74 Å². The molecule has 5 heteroatoms. The van der Waals surface area contributed by atoms with Gasteiger partial charge in [-0.25, -0.2) is 0 Å². The van der Waals surface area contributed by atoms with Gasteiger partial charge in [0.25, 0.3) is 0 Å². The van der Waals surface area contributed by atoms with Crippen LogP contribution < -0.4 is 0 Å². The molecular weight excluding hydrogens is 266 g/mol. The predicted molar refractivity (Wildman–Crippen MR) is 79.8 cm³/mol. The summed E-state index contributed by atoms with van der Waals surface area (Å²) >= 11 is 0. The van der Waals surface area contributed by atoms with E-state index in [-0.39, 0.29) is 0 Å². The van der Waals surface area contributed by atoms with Gasteiger partial charge >= 0.3 is 0 Å². The zero-order valence-corrected chi connectivity index (χ0v) is 12.6. The minimum absolute atomic E-state index is 0.294. The van der Waals surface area contributed by atoms with Gasteiger partial charge in [0.05, 0.1) is 18.7 Å². The SMILES string of the molecule is O=C(CC[C@H]1CCCO1)N1CCCC[C@@H]1Cn1cccn1. The number of hydrogen-bond acceptors (Lipinski definition) is 3. The van der Waals surface area contributed by atoms with Crippen molar-refractivity contribution in [1.29, 1.82) is 0 Å². The zero-order valence-electron chi connectivity index (χ0n) is 12.6. The van der Waals surface area contributed by atoms with Crippen molar-refractivity contribution >= 4 is 5.91 Å². The highest BCUT2D eigenvalue weighted by atomic mass is 16.5. The maximum Gasteiger partial charge on any atom is 0.222 e. The van der Waals surface area contributed by atoms with Crippen molar-refractivity contribution in [2.45, 2.75) is 63.6 Å². The van der Waals surface area contributed by atoms with Crippen LogP contribution in [-0.2, 0) is 16.1 Å². The second kappa shape index (κ2) is 7.07. The molecule has 0 N–H and O–H groups in total. The van der Waals surface area contributed by atoms with Gasteiger partial charge in [0.1, 0.15) is 0 Å². The molecule has 2 aliphatic heterocycles. The van der Waals surface area contributed by atoms with Crippen LogP contribution >= 0.6 is 0 Å². The minimum Gasteiger partial charge on any atom is -0.378 e. The van der Waals surface area contributed by atoms with Crippen LogP contribution in [0.15, 0.2) is 18.5 Å². The molecule has 2 aliphatic rings. The van der Waals surface area contributed by atoms with Crippen LogP contribution in [0.4, 0.5) is 0 Å². The van der Waals surface area contributed by atoms with E-state index >= 15 is 0 Å². The van der Waals surface area contributed by atoms with Gasteiger partial charge < -0.3 is 9.64 Å². The monoisotopic (exact) mass is 291 g/mol. The van der Waals surface area contributed by atoms with E-state index in [2.05, 4.69) is 10.00 Å². The fourth-order valence-electron chi connectivity index (χ4n) is 3.44. The first-order chi connectivity index (χ1) is 10.3. The number of likely N-dealkylation sites (tertiary alicyclic amines) is 1. The van der Waals surface area contributed by atoms with Gasteiger partial charge in [0.2, 0.25) is 5.91 Å². The van der Waals surface area contributed by atoms with Gasteiger partial charge in [-0.1, -0.05) is 0 Å². The van der Waals surface area contributed by atoms with Gasteiger partial charge in [0.15, 0.2) is 0 Å². The number of carbonyl (C=O) groups is 1. The molecule has 1 aromatic heterocycles. The smallest absolute Gasteiger partial charge is 0.222 e. The van der Waals surface area contributed by atoms with Crippen molar-refractivity contribution in [3.05, 3.63) is 18.5 Å². The second-order valence-electron chi connectivity index (χ2n) is 6.14. The Labute approximate surface area is 126 Å². The van der Waals surface area contributed by atoms with Gasteiger partial charge in [-0.2, -0.15) is 5.10 Å². The van der Waals surface area contributed by atoms with E-state index in [0.29, 0.717) is 24.5 Å². The molecule has 3 rings (SSSR count). The van der Waals surface area contributed by atoms with Crippen LogP contribution in [0.3, 0.4) is 0 Å². The molecule has 0 unspecified atom stereocenters. The van der Waals surface area contributed by atoms with Crippen molar-refractivity contribution in [2.24, 2.45) is 0 Å². The molecule has 1 amide bonds. The van der Waals surface area contributed by atoms with Crippen molar-refractivity contribution in [3.8, 4) is 0 Å². The number of nitrogens with zero attached hydrogens (tertiary/aromatic N) is 3. The normalized spacial score (nSPS) is 26.2. The van der Waals surface area contributed by atoms with Crippen LogP contribution in [0, 0.1) is 0 Å². The molecule has 2 atom stereocenters. The fraction of sp³-hybridized carbons (Fsp3) is 0.750. The third-order valence-electron chi connectivity index (χ3n) is 4.61. The fourth-order valence-corrected chi connectivity index (χ4v) is 3.44. The second-order valence-corrected chi connectivity index (χ2v) is 6.14. The van der Waals surface area contributed by atoms with Gasteiger partial charge in [0, 0.05) is 32.0 Å². The van der Waals surface area contributed by atoms with Crippen molar-refractivity contribution in [2.75, 3.05) is 13.2 Å². The molecule has 0 aliphatic carbocycles. The molecule has 0 saturated carbocycles. The standard InChI is InChI=1S/C16H25N3O2/c20-16(8-7-15-6-3-12-21-15)19-11-2-1-5-14(19)13-18-10-4-9-17-18/h4,9-10,14-15H,1-3,5-8,11-13H2/t14-,15-/m1/s1. The average Bonchev–Trinajstić information content (AvgIpc) is 3.18. The molecular formula is C16H25N3O2. The van der Waals surface area contributed by atoms with Gasteiger partial charge in [-0.05, 0) is 44.6 Å². The molecule has 0 aromatic carbocycles. The molecule has 1 aromatic rings. The Kier molecular flexibility index (Phi) is 4.91. The predicted octanol–water partition coefficient (Wildman–Crippen LogP) is 2.22. The summed E-state index contributed by atoms with van der Waals surface area (Å²) in [5.74, 6) is 0.294. The van der Waals surface area contributed by atoms with Gasteiger partial charge in [-0.3, -0.25) is 9.48 Å². The molecule has 5 nitrogen and oxygen atoms in total. The number of rotatable bonds is 5. The first-order valence-electron chi connectivity index (χ1n) is 8.21. The van der Waals surface area contributed by atoms with Crippen LogP contribution in [-0.4, -0.2) is 45.9 Å². The van der Waals surface area contributed by atoms with Crippen LogP contribution in [0.1, 0.15) is 44.9 Å². The summed E-state index contributed by atoms with van der Waals surface area (Å²) in [5.41, 5.74) is 0. The summed E-state index contributed by atoms with van der Waals surface area (Å²) in [6.45, 7) is 2.58. The van der Waals surface area contributed by atoms with E-state index in [0.717, 1.165) is 51.8 Å². The van der Waals surface area contributed by atoms with Crippen molar-refractivity contribution < 1.29 is 9.53 Å². The summed E-state index contributed by atoms with van der Waals surface area (Å²) in [4.78, 5) is 14.6. The van der Waals surface area contributed by atoms with Gasteiger partial charge in [-0.15, -0.1) is 0 Å². The van der Waals surface area contributed by atoms with Crippen LogP contribution in [0.5, 0.6) is 0 Å². The first kappa shape index (κ1) is 14.6. The maximum absolute atomic E-state index is 12.5. The Bertz CT molecular complexity index is 440. The third-order valence-corrected chi connectivity index (χ3v) is 4.61. The summed E-state index contributed by atoms with van der Waals surface area (Å²) in [7, 11) is 0. The highest BCUT2D eigenvalue weighted by Crippen LogP contribution is 2.22. The third kappa shape index (κ3) is 3.84. The number of carbonyl (C=O) groups excluding carboxylic acids is 1. The van der Waals surface area contributed by atoms with Crippen LogP contribution in [0.25, 0.3) is 0 Å². The minimum atomic E-state index is 0.294. The number of hydrogen-bond donors (Lipinski definition) is 0. The van der Waals surface area contributed by atoms with Crippen molar-refractivity contribution in [3.63, 3.8) is 0 Å². The Hall–Kier alpha value is -1.36. The molecule has 116 valence electrons. The molecule has 2 saturated heterocycles. The summed E-state index contributed by atoms with van der Waals surface area (Å²) in [6.07, 6.45) is 11.3. The topological polar surface area (TPSA) is 47.4 Å². The lowest BCUT2D eigenvalue weighted by Crippen LogP contribution is -2.46. The molecule has 0 radical (unpaired) electrons. The Morgan fingerprint density at radius 1 is 1.29 bits per heavy atom. The molecule has 3 heterocycles. The Morgan fingerprint density at radius 3 is 3.00 bits per heavy atom. The lowest BCUT2D eigenvalue weighted by Gasteiger charge is -2.36. The molecule has 2 fully saturated rings. The molecule has 0 bridgehead atoms. The number of piperidine rings is 1. The number of ether oxygens (including phenoxy) is 1. The zero-order chi connectivity index (χ0) is 14.5. The highest BCUT2D eigenvalue weighted by Gasteiger charge is 2.27. The Morgan fingerprint density at radius 2 is 2.24 bits per heavy atom. The largest absolute Gasteiger partial charge is 0.378 e. The summed E-state index contributed by atoms with van der Waals surface area (Å²) in [6, 6.07) is 2.24. The highest BCUT2D eigenvalue weighted by molar-refractivity contribution is 5.76.